The Bertz CT molecular complexity index is 497. The molecule has 20 heavy (non-hydrogen) atoms. The molecule has 116 valence electrons. The van der Waals surface area contributed by atoms with Crippen molar-refractivity contribution >= 4 is 21.4 Å². The van der Waals surface area contributed by atoms with Gasteiger partial charge in [0, 0.05) is 18.0 Å². The molecule has 1 atom stereocenters. The highest BCUT2D eigenvalue weighted by Gasteiger charge is 2.25. The highest BCUT2D eigenvalue weighted by atomic mass is 32.2. The summed E-state index contributed by atoms with van der Waals surface area (Å²) >= 11 is 1.39. The first-order chi connectivity index (χ1) is 9.45. The topological polar surface area (TPSA) is 49.4 Å². The summed E-state index contributed by atoms with van der Waals surface area (Å²) in [6.45, 7) is 8.06. The average molecular weight is 319 g/mol. The third kappa shape index (κ3) is 4.55. The van der Waals surface area contributed by atoms with Crippen LogP contribution in [0.5, 0.6) is 0 Å². The predicted molar refractivity (Wildman–Crippen MR) is 85.8 cm³/mol. The molecule has 0 aromatic carbocycles. The molecule has 0 amide bonds. The largest absolute Gasteiger partial charge is 0.319 e. The lowest BCUT2D eigenvalue weighted by Gasteiger charge is -2.22. The maximum atomic E-state index is 12.6. The Labute approximate surface area is 127 Å². The summed E-state index contributed by atoms with van der Waals surface area (Å²) in [6.07, 6.45) is 1.86. The molecule has 1 aromatic rings. The Morgan fingerprint density at radius 3 is 2.60 bits per heavy atom. The van der Waals surface area contributed by atoms with E-state index in [-0.39, 0.29) is 0 Å². The Balaban J connectivity index is 2.87. The van der Waals surface area contributed by atoms with E-state index in [9.17, 15) is 8.42 Å². The fourth-order valence-corrected chi connectivity index (χ4v) is 4.96. The van der Waals surface area contributed by atoms with Crippen LogP contribution in [0.15, 0.2) is 16.3 Å². The van der Waals surface area contributed by atoms with Gasteiger partial charge in [-0.1, -0.05) is 27.2 Å². The SMILES string of the molecule is CCC(C)CN(CC)S(=O)(=O)c1ccc(CCNC)s1. The molecule has 6 heteroatoms. The van der Waals surface area contributed by atoms with Gasteiger partial charge >= 0.3 is 0 Å². The molecule has 0 aliphatic heterocycles. The van der Waals surface area contributed by atoms with E-state index in [1.807, 2.05) is 20.0 Å². The maximum absolute atomic E-state index is 12.6. The van der Waals surface area contributed by atoms with Gasteiger partial charge in [-0.05, 0) is 38.1 Å². The molecule has 4 nitrogen and oxygen atoms in total. The van der Waals surface area contributed by atoms with E-state index in [0.29, 0.717) is 23.2 Å². The van der Waals surface area contributed by atoms with Crippen molar-refractivity contribution < 1.29 is 8.42 Å². The van der Waals surface area contributed by atoms with E-state index in [2.05, 4.69) is 19.2 Å². The molecule has 0 spiro atoms. The number of nitrogens with one attached hydrogen (secondary N) is 1. The van der Waals surface area contributed by atoms with Crippen molar-refractivity contribution in [2.24, 2.45) is 5.92 Å². The number of hydrogen-bond donors (Lipinski definition) is 1. The van der Waals surface area contributed by atoms with Crippen LogP contribution in [0, 0.1) is 5.92 Å². The molecule has 0 aliphatic carbocycles. The van der Waals surface area contributed by atoms with Crippen LogP contribution in [0.3, 0.4) is 0 Å². The second-order valence-corrected chi connectivity index (χ2v) is 8.38. The van der Waals surface area contributed by atoms with Gasteiger partial charge in [0.15, 0.2) is 0 Å². The summed E-state index contributed by atoms with van der Waals surface area (Å²) in [7, 11) is -1.43. The summed E-state index contributed by atoms with van der Waals surface area (Å²) in [5, 5.41) is 3.08. The van der Waals surface area contributed by atoms with Crippen molar-refractivity contribution in [1.82, 2.24) is 9.62 Å². The quantitative estimate of drug-likeness (QED) is 0.761. The third-order valence-electron chi connectivity index (χ3n) is 3.42. The van der Waals surface area contributed by atoms with Crippen LogP contribution >= 0.6 is 11.3 Å². The molecule has 1 rings (SSSR count). The van der Waals surface area contributed by atoms with Crippen molar-refractivity contribution in [1.29, 1.82) is 0 Å². The minimum absolute atomic E-state index is 0.383. The van der Waals surface area contributed by atoms with Crippen molar-refractivity contribution in [2.75, 3.05) is 26.7 Å². The molecule has 0 radical (unpaired) electrons. The molecule has 1 unspecified atom stereocenters. The molecule has 1 heterocycles. The summed E-state index contributed by atoms with van der Waals surface area (Å²) in [5.74, 6) is 0.383. The Hall–Kier alpha value is -0.430. The van der Waals surface area contributed by atoms with Crippen LogP contribution in [0.2, 0.25) is 0 Å². The van der Waals surface area contributed by atoms with Crippen LogP contribution in [0.4, 0.5) is 0 Å². The highest BCUT2D eigenvalue weighted by molar-refractivity contribution is 7.91. The van der Waals surface area contributed by atoms with Crippen LogP contribution < -0.4 is 5.32 Å². The van der Waals surface area contributed by atoms with Gasteiger partial charge in [0.05, 0.1) is 0 Å². The van der Waals surface area contributed by atoms with Crippen molar-refractivity contribution in [2.45, 2.75) is 37.8 Å². The van der Waals surface area contributed by atoms with Gasteiger partial charge in [-0.3, -0.25) is 0 Å². The van der Waals surface area contributed by atoms with Crippen LogP contribution in [-0.4, -0.2) is 39.4 Å². The number of thiophene rings is 1. The van der Waals surface area contributed by atoms with Gasteiger partial charge in [-0.25, -0.2) is 8.42 Å². The summed E-state index contributed by atoms with van der Waals surface area (Å²) in [6, 6.07) is 3.66. The van der Waals surface area contributed by atoms with E-state index in [4.69, 9.17) is 0 Å². The number of hydrogen-bond acceptors (Lipinski definition) is 4. The number of likely N-dealkylation sites (N-methyl/N-ethyl adjacent to an activating group) is 1. The molecule has 1 N–H and O–H groups in total. The Morgan fingerprint density at radius 2 is 2.05 bits per heavy atom. The summed E-state index contributed by atoms with van der Waals surface area (Å²) in [4.78, 5) is 1.11. The number of nitrogens with zero attached hydrogens (tertiary/aromatic N) is 1. The average Bonchev–Trinajstić information content (AvgIpc) is 2.91. The zero-order valence-electron chi connectivity index (χ0n) is 12.8. The normalized spacial score (nSPS) is 13.8. The number of sulfonamides is 1. The van der Waals surface area contributed by atoms with E-state index in [1.54, 1.807) is 10.4 Å². The molecule has 0 saturated heterocycles. The molecular weight excluding hydrogens is 292 g/mol. The standard InChI is InChI=1S/C14H26N2O2S2/c1-5-12(3)11-16(6-2)20(17,18)14-8-7-13(19-14)9-10-15-4/h7-8,12,15H,5-6,9-11H2,1-4H3. The van der Waals surface area contributed by atoms with Crippen LogP contribution in [0.25, 0.3) is 0 Å². The first-order valence-corrected chi connectivity index (χ1v) is 9.44. The monoisotopic (exact) mass is 318 g/mol. The van der Waals surface area contributed by atoms with Gasteiger partial charge in [0.2, 0.25) is 0 Å². The summed E-state index contributed by atoms with van der Waals surface area (Å²) < 4.78 is 27.3. The lowest BCUT2D eigenvalue weighted by molar-refractivity contribution is 0.362. The molecule has 1 aromatic heterocycles. The zero-order valence-corrected chi connectivity index (χ0v) is 14.5. The minimum Gasteiger partial charge on any atom is -0.319 e. The molecule has 0 bridgehead atoms. The van der Waals surface area contributed by atoms with Crippen LogP contribution in [-0.2, 0) is 16.4 Å². The van der Waals surface area contributed by atoms with E-state index in [1.165, 1.54) is 11.3 Å². The molecule has 0 fully saturated rings. The smallest absolute Gasteiger partial charge is 0.252 e. The van der Waals surface area contributed by atoms with E-state index in [0.717, 1.165) is 24.3 Å². The van der Waals surface area contributed by atoms with Gasteiger partial charge in [0.25, 0.3) is 10.0 Å². The Kier molecular flexibility index (Phi) is 7.15. The van der Waals surface area contributed by atoms with Crippen molar-refractivity contribution in [3.05, 3.63) is 17.0 Å². The third-order valence-corrected chi connectivity index (χ3v) is 6.97. The fraction of sp³-hybridized carbons (Fsp3) is 0.714. The predicted octanol–water partition coefficient (Wildman–Crippen LogP) is 2.57. The van der Waals surface area contributed by atoms with Gasteiger partial charge in [-0.15, -0.1) is 11.3 Å². The van der Waals surface area contributed by atoms with Gasteiger partial charge < -0.3 is 5.32 Å². The van der Waals surface area contributed by atoms with Crippen molar-refractivity contribution in [3.63, 3.8) is 0 Å². The number of rotatable bonds is 9. The van der Waals surface area contributed by atoms with Crippen molar-refractivity contribution in [3.8, 4) is 0 Å². The van der Waals surface area contributed by atoms with Crippen LogP contribution in [0.1, 0.15) is 32.1 Å². The molecule has 0 saturated carbocycles. The maximum Gasteiger partial charge on any atom is 0.252 e. The van der Waals surface area contributed by atoms with Gasteiger partial charge in [-0.2, -0.15) is 4.31 Å². The second kappa shape index (κ2) is 8.12. The summed E-state index contributed by atoms with van der Waals surface area (Å²) in [5.41, 5.74) is 0. The highest BCUT2D eigenvalue weighted by Crippen LogP contribution is 2.26. The molecule has 0 aliphatic rings. The first-order valence-electron chi connectivity index (χ1n) is 7.19. The zero-order chi connectivity index (χ0) is 15.2. The fourth-order valence-electron chi connectivity index (χ4n) is 1.88. The minimum atomic E-state index is -3.33. The Morgan fingerprint density at radius 1 is 1.35 bits per heavy atom. The lowest BCUT2D eigenvalue weighted by Crippen LogP contribution is -2.34. The van der Waals surface area contributed by atoms with Gasteiger partial charge in [0.1, 0.15) is 4.21 Å². The first kappa shape index (κ1) is 17.6. The van der Waals surface area contributed by atoms with E-state index >= 15 is 0 Å². The van der Waals surface area contributed by atoms with E-state index < -0.39 is 10.0 Å². The second-order valence-electron chi connectivity index (χ2n) is 5.04. The lowest BCUT2D eigenvalue weighted by atomic mass is 10.1. The molecular formula is C14H26N2O2S2.